The van der Waals surface area contributed by atoms with Crippen LogP contribution in [0.25, 0.3) is 6.08 Å². The van der Waals surface area contributed by atoms with Crippen molar-refractivity contribution in [3.8, 4) is 5.75 Å². The number of piperidine rings is 1. The number of sulfonamides is 1. The lowest BCUT2D eigenvalue weighted by molar-refractivity contribution is -0.139. The average Bonchev–Trinajstić information content (AvgIpc) is 2.87. The highest BCUT2D eigenvalue weighted by atomic mass is 35.5. The quantitative estimate of drug-likeness (QED) is 0.182. The maximum absolute atomic E-state index is 13.4. The molecule has 0 amide bonds. The second-order valence-corrected chi connectivity index (χ2v) is 11.4. The number of anilines is 1. The van der Waals surface area contributed by atoms with Crippen LogP contribution in [0.5, 0.6) is 5.75 Å². The second kappa shape index (κ2) is 16.5. The summed E-state index contributed by atoms with van der Waals surface area (Å²) in [6, 6.07) is 12.5. The van der Waals surface area contributed by atoms with Crippen molar-refractivity contribution in [2.24, 2.45) is 5.73 Å². The normalized spacial score (nSPS) is 13.8. The van der Waals surface area contributed by atoms with Gasteiger partial charge in [-0.1, -0.05) is 44.2 Å². The van der Waals surface area contributed by atoms with Gasteiger partial charge < -0.3 is 20.5 Å². The first kappa shape index (κ1) is 35.2. The zero-order valence-corrected chi connectivity index (χ0v) is 25.5. The highest BCUT2D eigenvalue weighted by Gasteiger charge is 2.27. The van der Waals surface area contributed by atoms with Crippen molar-refractivity contribution in [1.29, 1.82) is 5.41 Å². The molecule has 222 valence electrons. The van der Waals surface area contributed by atoms with E-state index in [9.17, 15) is 13.2 Å². The summed E-state index contributed by atoms with van der Waals surface area (Å²) < 4.78 is 39.2. The van der Waals surface area contributed by atoms with E-state index in [4.69, 9.17) is 20.6 Å². The van der Waals surface area contributed by atoms with E-state index in [1.54, 1.807) is 43.3 Å². The molecule has 12 heteroatoms. The Kier molecular flexibility index (Phi) is 14.5. The lowest BCUT2D eigenvalue weighted by Crippen LogP contribution is -2.36. The Labute approximate surface area is 249 Å². The van der Waals surface area contributed by atoms with Gasteiger partial charge in [0.25, 0.3) is 0 Å². The van der Waals surface area contributed by atoms with Crippen molar-refractivity contribution < 1.29 is 22.7 Å². The summed E-state index contributed by atoms with van der Waals surface area (Å²) in [6.07, 6.45) is 5.40. The maximum Gasteiger partial charge on any atom is 0.323 e. The molecule has 0 saturated carbocycles. The van der Waals surface area contributed by atoms with E-state index in [1.807, 2.05) is 32.0 Å². The summed E-state index contributed by atoms with van der Waals surface area (Å²) >= 11 is 0. The smallest absolute Gasteiger partial charge is 0.323 e. The molecule has 1 heterocycles. The number of benzene rings is 2. The van der Waals surface area contributed by atoms with Crippen LogP contribution in [0.2, 0.25) is 0 Å². The van der Waals surface area contributed by atoms with Crippen molar-refractivity contribution in [3.63, 3.8) is 0 Å². The number of hydrogen-bond acceptors (Lipinski definition) is 7. The van der Waals surface area contributed by atoms with Gasteiger partial charge in [0.15, 0.2) is 5.75 Å². The zero-order valence-electron chi connectivity index (χ0n) is 23.1. The molecule has 1 fully saturated rings. The molecule has 9 nitrogen and oxygen atoms in total. The predicted molar refractivity (Wildman–Crippen MR) is 166 cm³/mol. The van der Waals surface area contributed by atoms with Crippen LogP contribution in [0.1, 0.15) is 56.2 Å². The Morgan fingerprint density at radius 2 is 1.88 bits per heavy atom. The molecule has 0 atom stereocenters. The number of carbonyl (C=O) groups is 1. The van der Waals surface area contributed by atoms with Crippen LogP contribution in [0.15, 0.2) is 48.5 Å². The van der Waals surface area contributed by atoms with Gasteiger partial charge in [-0.25, -0.2) is 8.42 Å². The molecule has 1 saturated heterocycles. The Bertz CT molecular complexity index is 1270. The number of esters is 1. The van der Waals surface area contributed by atoms with Gasteiger partial charge in [0.2, 0.25) is 10.0 Å². The minimum atomic E-state index is -4.05. The number of halogens is 2. The van der Waals surface area contributed by atoms with E-state index < -0.39 is 21.7 Å². The van der Waals surface area contributed by atoms with Crippen LogP contribution in [0.4, 0.5) is 5.69 Å². The fourth-order valence-corrected chi connectivity index (χ4v) is 5.53. The molecule has 40 heavy (non-hydrogen) atoms. The van der Waals surface area contributed by atoms with Gasteiger partial charge in [0.1, 0.15) is 17.7 Å². The summed E-state index contributed by atoms with van der Waals surface area (Å²) in [5, 5.41) is 11.0. The summed E-state index contributed by atoms with van der Waals surface area (Å²) in [7, 11) is -4.05. The summed E-state index contributed by atoms with van der Waals surface area (Å²) in [5.74, 6) is -0.780. The number of hydrogen-bond donors (Lipinski definition) is 3. The number of nitrogens with two attached hydrogens (primary N) is 1. The van der Waals surface area contributed by atoms with Gasteiger partial charge in [-0.15, -0.1) is 24.8 Å². The number of nitrogens with zero attached hydrogens (tertiary/aromatic N) is 1. The topological polar surface area (TPSA) is 135 Å². The molecule has 0 radical (unpaired) electrons. The first-order chi connectivity index (χ1) is 18.1. The monoisotopic (exact) mass is 614 g/mol. The van der Waals surface area contributed by atoms with Gasteiger partial charge in [-0.3, -0.25) is 14.5 Å². The zero-order chi connectivity index (χ0) is 27.7. The van der Waals surface area contributed by atoms with E-state index in [2.05, 4.69) is 5.32 Å². The van der Waals surface area contributed by atoms with E-state index in [-0.39, 0.29) is 55.8 Å². The van der Waals surface area contributed by atoms with Crippen LogP contribution >= 0.6 is 24.8 Å². The van der Waals surface area contributed by atoms with Crippen LogP contribution in [-0.2, 0) is 19.6 Å². The molecule has 2 aromatic rings. The summed E-state index contributed by atoms with van der Waals surface area (Å²) in [4.78, 5) is 12.1. The Hall–Kier alpha value is -2.79. The van der Waals surface area contributed by atoms with E-state index >= 15 is 0 Å². The highest BCUT2D eigenvalue weighted by molar-refractivity contribution is 7.93. The van der Waals surface area contributed by atoms with Crippen molar-refractivity contribution in [2.45, 2.75) is 45.6 Å². The van der Waals surface area contributed by atoms with Crippen molar-refractivity contribution in [3.05, 3.63) is 65.2 Å². The van der Waals surface area contributed by atoms with Crippen molar-refractivity contribution in [2.75, 3.05) is 36.3 Å². The molecular formula is C28H40Cl2N4O5S. The number of nitrogen functional groups attached to an aromatic ring is 1. The largest absolute Gasteiger partial charge is 0.490 e. The molecule has 0 aromatic heterocycles. The molecule has 1 aliphatic rings. The van der Waals surface area contributed by atoms with Gasteiger partial charge in [0, 0.05) is 5.56 Å². The fraction of sp³-hybridized carbons (Fsp3) is 0.429. The number of carbonyl (C=O) groups excluding carboxylic acids is 1. The number of ether oxygens (including phenoxy) is 2. The lowest BCUT2D eigenvalue weighted by Gasteiger charge is -2.28. The van der Waals surface area contributed by atoms with Gasteiger partial charge in [0.05, 0.1) is 18.8 Å². The van der Waals surface area contributed by atoms with Crippen LogP contribution in [-0.4, -0.2) is 58.3 Å². The predicted octanol–water partition coefficient (Wildman–Crippen LogP) is 4.48. The van der Waals surface area contributed by atoms with Crippen LogP contribution < -0.4 is 20.1 Å². The third-order valence-corrected chi connectivity index (χ3v) is 7.84. The number of nitrogens with one attached hydrogen (secondary N) is 2. The molecular weight excluding hydrogens is 575 g/mol. The second-order valence-electron chi connectivity index (χ2n) is 9.48. The first-order valence-electron chi connectivity index (χ1n) is 12.9. The molecule has 0 unspecified atom stereocenters. The lowest BCUT2D eigenvalue weighted by atomic mass is 10.0. The summed E-state index contributed by atoms with van der Waals surface area (Å²) in [6.45, 7) is 7.61. The van der Waals surface area contributed by atoms with Gasteiger partial charge >= 0.3 is 5.97 Å². The third-order valence-electron chi connectivity index (χ3n) is 6.20. The van der Waals surface area contributed by atoms with Crippen molar-refractivity contribution >= 4 is 58.4 Å². The highest BCUT2D eigenvalue weighted by Crippen LogP contribution is 2.33. The average molecular weight is 616 g/mol. The molecule has 0 spiro atoms. The van der Waals surface area contributed by atoms with Gasteiger partial charge in [-0.2, -0.15) is 0 Å². The summed E-state index contributed by atoms with van der Waals surface area (Å²) in [5.41, 5.74) is 8.28. The van der Waals surface area contributed by atoms with Gasteiger partial charge in [-0.05, 0) is 74.2 Å². The third kappa shape index (κ3) is 9.99. The molecule has 4 N–H and O–H groups in total. The fourth-order valence-electron chi connectivity index (χ4n) is 4.25. The minimum Gasteiger partial charge on any atom is -0.490 e. The Morgan fingerprint density at radius 3 is 2.50 bits per heavy atom. The van der Waals surface area contributed by atoms with E-state index in [0.29, 0.717) is 11.3 Å². The molecule has 0 aliphatic carbocycles. The Morgan fingerprint density at radius 1 is 1.18 bits per heavy atom. The number of rotatable bonds is 12. The van der Waals surface area contributed by atoms with E-state index in [1.165, 1.54) is 4.31 Å². The first-order valence-corrected chi connectivity index (χ1v) is 14.5. The SMILES string of the molecule is CCOC(=O)CS(=O)(=O)N(C/C=C/c1cccc(C(=N)N)c1)c1ccc(OC2CCNCC2)c(C(C)C)c1.Cl.Cl. The molecule has 3 rings (SSSR count). The number of amidine groups is 1. The Balaban J connectivity index is 0.00000400. The van der Waals surface area contributed by atoms with E-state index in [0.717, 1.165) is 42.8 Å². The van der Waals surface area contributed by atoms with Crippen molar-refractivity contribution in [1.82, 2.24) is 5.32 Å². The molecule has 2 aromatic carbocycles. The standard InChI is InChI=1S/C28H38N4O5S.2ClH/c1-4-36-27(33)19-38(34,35)32(16-6-8-21-7-5-9-22(17-21)28(29)30)23-10-11-26(25(18-23)20(2)3)37-24-12-14-31-15-13-24;;/h5-11,17-18,20,24,31H,4,12-16,19H2,1-3H3,(H3,29,30);2*1H/b8-6+;;. The minimum absolute atomic E-state index is 0. The molecule has 1 aliphatic heterocycles. The molecule has 0 bridgehead atoms. The van der Waals surface area contributed by atoms with Crippen LogP contribution in [0, 0.1) is 5.41 Å². The maximum atomic E-state index is 13.4. The van der Waals surface area contributed by atoms with Crippen LogP contribution in [0.3, 0.4) is 0 Å².